The van der Waals surface area contributed by atoms with Crippen molar-refractivity contribution in [2.45, 2.75) is 25.7 Å². The van der Waals surface area contributed by atoms with Crippen LogP contribution < -0.4 is 10.6 Å². The Balaban J connectivity index is 1.44. The van der Waals surface area contributed by atoms with Gasteiger partial charge in [0.2, 0.25) is 0 Å². The molecule has 0 amide bonds. The van der Waals surface area contributed by atoms with E-state index in [2.05, 4.69) is 44.9 Å². The summed E-state index contributed by atoms with van der Waals surface area (Å²) >= 11 is 0. The van der Waals surface area contributed by atoms with Gasteiger partial charge in [0.1, 0.15) is 5.82 Å². The molecule has 32 heavy (non-hydrogen) atoms. The number of benzene rings is 2. The van der Waals surface area contributed by atoms with Gasteiger partial charge in [0, 0.05) is 36.1 Å². The number of hydrogen-bond donors (Lipinski definition) is 3. The molecule has 0 radical (unpaired) electrons. The normalized spacial score (nSPS) is 12.9. The van der Waals surface area contributed by atoms with Crippen LogP contribution in [0.25, 0.3) is 11.3 Å². The SMILES string of the molecule is O=C1CCCc2[nH]c(-c3ccnc(NCCc4ccccc4)c3)c(Nc3ccccc3)c21. The van der Waals surface area contributed by atoms with Crippen LogP contribution in [0.15, 0.2) is 79.0 Å². The van der Waals surface area contributed by atoms with Crippen molar-refractivity contribution in [3.63, 3.8) is 0 Å². The molecule has 0 spiro atoms. The maximum Gasteiger partial charge on any atom is 0.166 e. The van der Waals surface area contributed by atoms with E-state index in [1.54, 1.807) is 0 Å². The highest BCUT2D eigenvalue weighted by Crippen LogP contribution is 2.39. The van der Waals surface area contributed by atoms with E-state index in [9.17, 15) is 4.79 Å². The van der Waals surface area contributed by atoms with Crippen molar-refractivity contribution in [1.82, 2.24) is 9.97 Å². The highest BCUT2D eigenvalue weighted by Gasteiger charge is 2.27. The van der Waals surface area contributed by atoms with Gasteiger partial charge in [-0.2, -0.15) is 0 Å². The van der Waals surface area contributed by atoms with E-state index in [-0.39, 0.29) is 5.78 Å². The number of H-pyrrole nitrogens is 1. The smallest absolute Gasteiger partial charge is 0.166 e. The highest BCUT2D eigenvalue weighted by molar-refractivity contribution is 6.07. The van der Waals surface area contributed by atoms with E-state index in [1.165, 1.54) is 5.56 Å². The second-order valence-electron chi connectivity index (χ2n) is 8.09. The van der Waals surface area contributed by atoms with Gasteiger partial charge < -0.3 is 15.6 Å². The summed E-state index contributed by atoms with van der Waals surface area (Å²) in [6.45, 7) is 0.801. The third-order valence-corrected chi connectivity index (χ3v) is 5.84. The lowest BCUT2D eigenvalue weighted by Gasteiger charge is -2.14. The molecule has 5 heteroatoms. The third-order valence-electron chi connectivity index (χ3n) is 5.84. The van der Waals surface area contributed by atoms with Crippen LogP contribution in [-0.4, -0.2) is 22.3 Å². The topological polar surface area (TPSA) is 69.8 Å². The number of aromatic nitrogens is 2. The third kappa shape index (κ3) is 4.28. The van der Waals surface area contributed by atoms with E-state index < -0.39 is 0 Å². The number of nitrogens with zero attached hydrogens (tertiary/aromatic N) is 1. The van der Waals surface area contributed by atoms with Gasteiger partial charge in [0.15, 0.2) is 5.78 Å². The molecule has 0 aliphatic heterocycles. The molecule has 0 bridgehead atoms. The summed E-state index contributed by atoms with van der Waals surface area (Å²) in [5.74, 6) is 1.02. The lowest BCUT2D eigenvalue weighted by molar-refractivity contribution is 0.0973. The van der Waals surface area contributed by atoms with Crippen LogP contribution in [0.1, 0.15) is 34.5 Å². The van der Waals surface area contributed by atoms with E-state index >= 15 is 0 Å². The molecule has 2 heterocycles. The number of pyridine rings is 1. The van der Waals surface area contributed by atoms with Crippen molar-refractivity contribution >= 4 is 23.0 Å². The molecule has 1 aliphatic rings. The average Bonchev–Trinajstić information content (AvgIpc) is 3.20. The number of aromatic amines is 1. The minimum Gasteiger partial charge on any atom is -0.370 e. The van der Waals surface area contributed by atoms with Crippen LogP contribution in [0, 0.1) is 0 Å². The molecule has 0 unspecified atom stereocenters. The van der Waals surface area contributed by atoms with Gasteiger partial charge in [-0.3, -0.25) is 4.79 Å². The number of anilines is 3. The largest absolute Gasteiger partial charge is 0.370 e. The predicted molar refractivity (Wildman–Crippen MR) is 130 cm³/mol. The molecule has 0 saturated carbocycles. The maximum atomic E-state index is 12.8. The summed E-state index contributed by atoms with van der Waals surface area (Å²) in [6, 6.07) is 24.4. The summed E-state index contributed by atoms with van der Waals surface area (Å²) in [5, 5.41) is 6.93. The molecule has 160 valence electrons. The van der Waals surface area contributed by atoms with Crippen LogP contribution in [0.4, 0.5) is 17.2 Å². The molecule has 2 aromatic heterocycles. The van der Waals surface area contributed by atoms with E-state index in [1.807, 2.05) is 54.7 Å². The fourth-order valence-electron chi connectivity index (χ4n) is 4.27. The first kappa shape index (κ1) is 20.1. The molecule has 3 N–H and O–H groups in total. The summed E-state index contributed by atoms with van der Waals surface area (Å²) in [5.41, 5.74) is 6.86. The van der Waals surface area contributed by atoms with Gasteiger partial charge in [-0.05, 0) is 49.1 Å². The Hall–Kier alpha value is -3.86. The van der Waals surface area contributed by atoms with Crippen molar-refractivity contribution in [3.8, 4) is 11.3 Å². The summed E-state index contributed by atoms with van der Waals surface area (Å²) < 4.78 is 0. The number of fused-ring (bicyclic) bond motifs is 1. The lowest BCUT2D eigenvalue weighted by atomic mass is 9.95. The molecule has 1 aliphatic carbocycles. The highest BCUT2D eigenvalue weighted by atomic mass is 16.1. The van der Waals surface area contributed by atoms with Gasteiger partial charge in [0.05, 0.1) is 16.9 Å². The van der Waals surface area contributed by atoms with Crippen molar-refractivity contribution in [2.24, 2.45) is 0 Å². The number of rotatable bonds is 7. The molecule has 0 fully saturated rings. The van der Waals surface area contributed by atoms with Crippen LogP contribution in [-0.2, 0) is 12.8 Å². The number of aryl methyl sites for hydroxylation is 1. The van der Waals surface area contributed by atoms with Gasteiger partial charge in [0.25, 0.3) is 0 Å². The number of ketones is 1. The molecule has 0 atom stereocenters. The van der Waals surface area contributed by atoms with Crippen molar-refractivity contribution in [3.05, 3.63) is 95.8 Å². The first-order chi connectivity index (χ1) is 15.8. The van der Waals surface area contributed by atoms with Gasteiger partial charge in [-0.1, -0.05) is 48.5 Å². The molecular formula is C27H26N4O. The van der Waals surface area contributed by atoms with Crippen molar-refractivity contribution in [2.75, 3.05) is 17.2 Å². The number of carbonyl (C=O) groups excluding carboxylic acids is 1. The number of carbonyl (C=O) groups is 1. The van der Waals surface area contributed by atoms with Gasteiger partial charge in [-0.25, -0.2) is 4.98 Å². The fourth-order valence-corrected chi connectivity index (χ4v) is 4.27. The Morgan fingerprint density at radius 3 is 2.53 bits per heavy atom. The fraction of sp³-hybridized carbons (Fsp3) is 0.185. The maximum absolute atomic E-state index is 12.8. The van der Waals surface area contributed by atoms with Crippen molar-refractivity contribution < 1.29 is 4.79 Å². The summed E-state index contributed by atoms with van der Waals surface area (Å²) in [6.07, 6.45) is 5.11. The Kier molecular flexibility index (Phi) is 5.71. The zero-order valence-corrected chi connectivity index (χ0v) is 17.9. The minimum atomic E-state index is 0.197. The second-order valence-corrected chi connectivity index (χ2v) is 8.09. The average molecular weight is 423 g/mol. The molecule has 4 aromatic rings. The lowest BCUT2D eigenvalue weighted by Crippen LogP contribution is -2.10. The first-order valence-corrected chi connectivity index (χ1v) is 11.1. The van der Waals surface area contributed by atoms with E-state index in [0.29, 0.717) is 6.42 Å². The number of nitrogens with one attached hydrogen (secondary N) is 3. The zero-order valence-electron chi connectivity index (χ0n) is 17.9. The standard InChI is InChI=1S/C27H26N4O/c32-23-13-7-12-22-25(23)27(30-21-10-5-2-6-11-21)26(31-22)20-15-17-29-24(18-20)28-16-14-19-8-3-1-4-9-19/h1-6,8-11,15,17-18,30-31H,7,12-14,16H2,(H,28,29). The first-order valence-electron chi connectivity index (χ1n) is 11.1. The van der Waals surface area contributed by atoms with Crippen LogP contribution in [0.2, 0.25) is 0 Å². The van der Waals surface area contributed by atoms with E-state index in [0.717, 1.165) is 65.5 Å². The second kappa shape index (κ2) is 9.10. The predicted octanol–water partition coefficient (Wildman–Crippen LogP) is 5.99. The van der Waals surface area contributed by atoms with Crippen molar-refractivity contribution in [1.29, 1.82) is 0 Å². The van der Waals surface area contributed by atoms with Gasteiger partial charge >= 0.3 is 0 Å². The van der Waals surface area contributed by atoms with Gasteiger partial charge in [-0.15, -0.1) is 0 Å². The number of Topliss-reactive ketones (excluding diaryl/α,β-unsaturated/α-hetero) is 1. The molecule has 0 saturated heterocycles. The molecule has 2 aromatic carbocycles. The Bertz CT molecular complexity index is 1220. The summed E-state index contributed by atoms with van der Waals surface area (Å²) in [4.78, 5) is 20.8. The van der Waals surface area contributed by atoms with E-state index in [4.69, 9.17) is 0 Å². The zero-order chi connectivity index (χ0) is 21.8. The Morgan fingerprint density at radius 2 is 1.72 bits per heavy atom. The van der Waals surface area contributed by atoms with Crippen LogP contribution in [0.3, 0.4) is 0 Å². The Labute approximate surface area is 187 Å². The minimum absolute atomic E-state index is 0.197. The molecule has 5 nitrogen and oxygen atoms in total. The Morgan fingerprint density at radius 1 is 0.938 bits per heavy atom. The number of hydrogen-bond acceptors (Lipinski definition) is 4. The number of para-hydroxylation sites is 1. The molecular weight excluding hydrogens is 396 g/mol. The quantitative estimate of drug-likeness (QED) is 0.342. The summed E-state index contributed by atoms with van der Waals surface area (Å²) in [7, 11) is 0. The van der Waals surface area contributed by atoms with Crippen LogP contribution >= 0.6 is 0 Å². The van der Waals surface area contributed by atoms with Crippen LogP contribution in [0.5, 0.6) is 0 Å². The molecule has 5 rings (SSSR count). The monoisotopic (exact) mass is 422 g/mol.